The van der Waals surface area contributed by atoms with Crippen molar-refractivity contribution in [3.05, 3.63) is 60.7 Å². The zero-order chi connectivity index (χ0) is 18.9. The van der Waals surface area contributed by atoms with Crippen LogP contribution in [0.2, 0.25) is 0 Å². The highest BCUT2D eigenvalue weighted by Gasteiger charge is 2.16. The van der Waals surface area contributed by atoms with Gasteiger partial charge in [-0.25, -0.2) is 0 Å². The number of amides is 1. The standard InChI is InChI=1S/C21H24N4OS/c1-2-3-10-15-22-19(26)16-27-21-24-23-20(17-11-6-4-7-12-17)25(21)18-13-8-5-9-14-18/h4-9,11-14H,2-3,10,15-16H2,1H3,(H,22,26). The molecule has 0 unspecified atom stereocenters. The Hall–Kier alpha value is -2.60. The van der Waals surface area contributed by atoms with Gasteiger partial charge in [-0.1, -0.05) is 80.1 Å². The van der Waals surface area contributed by atoms with Crippen molar-refractivity contribution in [1.29, 1.82) is 0 Å². The van der Waals surface area contributed by atoms with E-state index in [1.165, 1.54) is 11.8 Å². The first kappa shape index (κ1) is 19.2. The fourth-order valence-electron chi connectivity index (χ4n) is 2.73. The third kappa shape index (κ3) is 5.20. The summed E-state index contributed by atoms with van der Waals surface area (Å²) in [6, 6.07) is 20.0. The summed E-state index contributed by atoms with van der Waals surface area (Å²) >= 11 is 1.41. The fourth-order valence-corrected chi connectivity index (χ4v) is 3.51. The molecule has 0 saturated heterocycles. The first-order chi connectivity index (χ1) is 13.3. The Kier molecular flexibility index (Phi) is 7.04. The van der Waals surface area contributed by atoms with E-state index in [0.717, 1.165) is 42.9 Å². The summed E-state index contributed by atoms with van der Waals surface area (Å²) in [7, 11) is 0. The molecule has 3 aromatic rings. The van der Waals surface area contributed by atoms with E-state index in [1.54, 1.807) is 0 Å². The van der Waals surface area contributed by atoms with E-state index in [2.05, 4.69) is 22.4 Å². The van der Waals surface area contributed by atoms with Gasteiger partial charge in [-0.3, -0.25) is 9.36 Å². The lowest BCUT2D eigenvalue weighted by Gasteiger charge is -2.10. The maximum atomic E-state index is 12.1. The summed E-state index contributed by atoms with van der Waals surface area (Å²) < 4.78 is 2.00. The van der Waals surface area contributed by atoms with E-state index < -0.39 is 0 Å². The lowest BCUT2D eigenvalue weighted by Crippen LogP contribution is -2.26. The Labute approximate surface area is 164 Å². The molecule has 0 aliphatic rings. The fraction of sp³-hybridized carbons (Fsp3) is 0.286. The van der Waals surface area contributed by atoms with Crippen LogP contribution in [0.5, 0.6) is 0 Å². The van der Waals surface area contributed by atoms with Crippen molar-refractivity contribution in [2.45, 2.75) is 31.3 Å². The maximum Gasteiger partial charge on any atom is 0.230 e. The average Bonchev–Trinajstić information content (AvgIpc) is 3.15. The Morgan fingerprint density at radius 2 is 1.70 bits per heavy atom. The molecular formula is C21H24N4OS. The number of nitrogens with zero attached hydrogens (tertiary/aromatic N) is 3. The van der Waals surface area contributed by atoms with Gasteiger partial charge >= 0.3 is 0 Å². The summed E-state index contributed by atoms with van der Waals surface area (Å²) in [5.74, 6) is 1.12. The normalized spacial score (nSPS) is 10.7. The number of rotatable bonds is 9. The molecule has 5 nitrogen and oxygen atoms in total. The number of nitrogens with one attached hydrogen (secondary N) is 1. The van der Waals surface area contributed by atoms with E-state index in [-0.39, 0.29) is 5.91 Å². The molecule has 140 valence electrons. The first-order valence-corrected chi connectivity index (χ1v) is 10.2. The van der Waals surface area contributed by atoms with Crippen LogP contribution < -0.4 is 5.32 Å². The van der Waals surface area contributed by atoms with Crippen LogP contribution in [0.25, 0.3) is 17.1 Å². The van der Waals surface area contributed by atoms with Crippen molar-refractivity contribution in [2.24, 2.45) is 0 Å². The third-order valence-electron chi connectivity index (χ3n) is 4.11. The molecule has 0 atom stereocenters. The molecule has 27 heavy (non-hydrogen) atoms. The maximum absolute atomic E-state index is 12.1. The Morgan fingerprint density at radius 1 is 1.00 bits per heavy atom. The second kappa shape index (κ2) is 9.92. The lowest BCUT2D eigenvalue weighted by atomic mass is 10.2. The largest absolute Gasteiger partial charge is 0.355 e. The predicted molar refractivity (Wildman–Crippen MR) is 110 cm³/mol. The number of unbranched alkanes of at least 4 members (excludes halogenated alkanes) is 2. The van der Waals surface area contributed by atoms with Crippen LogP contribution in [0, 0.1) is 0 Å². The highest BCUT2D eigenvalue weighted by Crippen LogP contribution is 2.27. The van der Waals surface area contributed by atoms with E-state index in [1.807, 2.05) is 65.2 Å². The smallest absolute Gasteiger partial charge is 0.230 e. The van der Waals surface area contributed by atoms with Crippen LogP contribution in [-0.4, -0.2) is 33.0 Å². The molecule has 6 heteroatoms. The van der Waals surface area contributed by atoms with Crippen LogP contribution in [0.15, 0.2) is 65.8 Å². The summed E-state index contributed by atoms with van der Waals surface area (Å²) in [6.45, 7) is 2.88. The van der Waals surface area contributed by atoms with Crippen molar-refractivity contribution < 1.29 is 4.79 Å². The van der Waals surface area contributed by atoms with Gasteiger partial charge in [0, 0.05) is 17.8 Å². The molecule has 1 heterocycles. The van der Waals surface area contributed by atoms with E-state index >= 15 is 0 Å². The van der Waals surface area contributed by atoms with E-state index in [0.29, 0.717) is 10.9 Å². The number of para-hydroxylation sites is 1. The molecule has 0 spiro atoms. The summed E-state index contributed by atoms with van der Waals surface area (Å²) in [6.07, 6.45) is 3.30. The number of aromatic nitrogens is 3. The predicted octanol–water partition coefficient (Wildman–Crippen LogP) is 4.33. The number of hydrogen-bond acceptors (Lipinski definition) is 4. The molecule has 1 aromatic heterocycles. The monoisotopic (exact) mass is 380 g/mol. The van der Waals surface area contributed by atoms with Crippen LogP contribution in [-0.2, 0) is 4.79 Å². The lowest BCUT2D eigenvalue weighted by molar-refractivity contribution is -0.118. The van der Waals surface area contributed by atoms with Gasteiger partial charge in [0.05, 0.1) is 5.75 Å². The molecule has 0 saturated carbocycles. The molecule has 3 rings (SSSR count). The van der Waals surface area contributed by atoms with Crippen LogP contribution in [0.4, 0.5) is 0 Å². The second-order valence-electron chi connectivity index (χ2n) is 6.19. The van der Waals surface area contributed by atoms with Crippen LogP contribution >= 0.6 is 11.8 Å². The van der Waals surface area contributed by atoms with Gasteiger partial charge in [0.2, 0.25) is 5.91 Å². The zero-order valence-corrected chi connectivity index (χ0v) is 16.3. The molecule has 0 aliphatic carbocycles. The van der Waals surface area contributed by atoms with Gasteiger partial charge in [-0.15, -0.1) is 10.2 Å². The Balaban J connectivity index is 1.77. The van der Waals surface area contributed by atoms with Gasteiger partial charge in [0.25, 0.3) is 0 Å². The molecule has 0 aliphatic heterocycles. The van der Waals surface area contributed by atoms with Gasteiger partial charge in [0.1, 0.15) is 0 Å². The minimum Gasteiger partial charge on any atom is -0.355 e. The average molecular weight is 381 g/mol. The van der Waals surface area contributed by atoms with Crippen LogP contribution in [0.1, 0.15) is 26.2 Å². The summed E-state index contributed by atoms with van der Waals surface area (Å²) in [5, 5.41) is 12.4. The Morgan fingerprint density at radius 3 is 2.41 bits per heavy atom. The Bertz CT molecular complexity index is 849. The minimum absolute atomic E-state index is 0.0278. The highest BCUT2D eigenvalue weighted by atomic mass is 32.2. The number of thioether (sulfide) groups is 1. The first-order valence-electron chi connectivity index (χ1n) is 9.25. The SMILES string of the molecule is CCCCCNC(=O)CSc1nnc(-c2ccccc2)n1-c1ccccc1. The quantitative estimate of drug-likeness (QED) is 0.443. The van der Waals surface area contributed by atoms with Crippen molar-refractivity contribution in [3.63, 3.8) is 0 Å². The highest BCUT2D eigenvalue weighted by molar-refractivity contribution is 7.99. The number of carbonyl (C=O) groups excluding carboxylic acids is 1. The molecule has 2 aromatic carbocycles. The van der Waals surface area contributed by atoms with Gasteiger partial charge in [-0.2, -0.15) is 0 Å². The number of benzene rings is 2. The molecule has 0 fully saturated rings. The number of hydrogen-bond donors (Lipinski definition) is 1. The molecule has 0 bridgehead atoms. The van der Waals surface area contributed by atoms with Gasteiger partial charge in [-0.05, 0) is 18.6 Å². The molecular weight excluding hydrogens is 356 g/mol. The molecule has 1 N–H and O–H groups in total. The topological polar surface area (TPSA) is 59.8 Å². The van der Waals surface area contributed by atoms with Crippen molar-refractivity contribution in [2.75, 3.05) is 12.3 Å². The number of carbonyl (C=O) groups is 1. The molecule has 1 amide bonds. The zero-order valence-electron chi connectivity index (χ0n) is 15.5. The van der Waals surface area contributed by atoms with Crippen LogP contribution in [0.3, 0.4) is 0 Å². The van der Waals surface area contributed by atoms with Gasteiger partial charge in [0.15, 0.2) is 11.0 Å². The van der Waals surface area contributed by atoms with Crippen molar-refractivity contribution in [1.82, 2.24) is 20.1 Å². The van der Waals surface area contributed by atoms with Crippen molar-refractivity contribution in [3.8, 4) is 17.1 Å². The third-order valence-corrected chi connectivity index (χ3v) is 5.04. The minimum atomic E-state index is 0.0278. The van der Waals surface area contributed by atoms with Gasteiger partial charge < -0.3 is 5.32 Å². The summed E-state index contributed by atoms with van der Waals surface area (Å²) in [5.41, 5.74) is 1.97. The van der Waals surface area contributed by atoms with E-state index in [4.69, 9.17) is 0 Å². The van der Waals surface area contributed by atoms with E-state index in [9.17, 15) is 4.79 Å². The van der Waals surface area contributed by atoms with Crippen molar-refractivity contribution >= 4 is 17.7 Å². The molecule has 0 radical (unpaired) electrons. The second-order valence-corrected chi connectivity index (χ2v) is 7.13. The summed E-state index contributed by atoms with van der Waals surface area (Å²) in [4.78, 5) is 12.1.